The lowest BCUT2D eigenvalue weighted by molar-refractivity contribution is 1.06. The Hall–Kier alpha value is -0.260. The van der Waals surface area contributed by atoms with E-state index in [-0.39, 0.29) is 0 Å². The van der Waals surface area contributed by atoms with Gasteiger partial charge in [0.25, 0.3) is 0 Å². The van der Waals surface area contributed by atoms with Crippen LogP contribution in [0.25, 0.3) is 0 Å². The second-order valence-corrected chi connectivity index (χ2v) is 4.68. The molecule has 0 unspecified atom stereocenters. The van der Waals surface area contributed by atoms with Crippen LogP contribution >= 0.6 is 27.3 Å². The van der Waals surface area contributed by atoms with E-state index in [4.69, 9.17) is 0 Å². The van der Waals surface area contributed by atoms with Crippen molar-refractivity contribution in [1.82, 2.24) is 0 Å². The Balaban J connectivity index is 2.43. The van der Waals surface area contributed by atoms with Gasteiger partial charge in [0.15, 0.2) is 0 Å². The number of halogens is 1. The Morgan fingerprint density at radius 1 is 1.55 bits per heavy atom. The molecule has 0 saturated heterocycles. The molecule has 0 N–H and O–H groups in total. The number of hydrogen-bond donors (Lipinski definition) is 0. The predicted molar refractivity (Wildman–Crippen MR) is 53.8 cm³/mol. The molecule has 0 bridgehead atoms. The van der Waals surface area contributed by atoms with Gasteiger partial charge in [0.2, 0.25) is 0 Å². The van der Waals surface area contributed by atoms with Gasteiger partial charge in [-0.1, -0.05) is 0 Å². The third kappa shape index (κ3) is 3.09. The minimum Gasteiger partial charge on any atom is -0.133 e. The summed E-state index contributed by atoms with van der Waals surface area (Å²) in [4.78, 5) is 1.40. The van der Waals surface area contributed by atoms with Crippen LogP contribution < -0.4 is 0 Å². The van der Waals surface area contributed by atoms with Crippen LogP contribution in [-0.2, 0) is 6.42 Å². The highest BCUT2D eigenvalue weighted by atomic mass is 79.9. The quantitative estimate of drug-likeness (QED) is 0.681. The molecule has 58 valence electrons. The van der Waals surface area contributed by atoms with Crippen molar-refractivity contribution in [1.29, 1.82) is 0 Å². The summed E-state index contributed by atoms with van der Waals surface area (Å²) < 4.78 is 1.21. The molecule has 0 aliphatic heterocycles. The smallest absolute Gasteiger partial charge is 0.0701 e. The highest BCUT2D eigenvalue weighted by Gasteiger charge is 1.94. The highest BCUT2D eigenvalue weighted by molar-refractivity contribution is 9.11. The van der Waals surface area contributed by atoms with Crippen molar-refractivity contribution in [2.75, 3.05) is 0 Å². The average molecular weight is 229 g/mol. The van der Waals surface area contributed by atoms with Crippen LogP contribution in [0, 0.1) is 11.8 Å². The lowest BCUT2D eigenvalue weighted by Gasteiger charge is -1.86. The summed E-state index contributed by atoms with van der Waals surface area (Å²) in [6, 6.07) is 4.23. The molecule has 0 aliphatic rings. The molecule has 0 atom stereocenters. The SMILES string of the molecule is CC#CCCc1ccc(Br)s1. The Morgan fingerprint density at radius 2 is 2.36 bits per heavy atom. The molecule has 0 nitrogen and oxygen atoms in total. The van der Waals surface area contributed by atoms with E-state index >= 15 is 0 Å². The van der Waals surface area contributed by atoms with Crippen LogP contribution in [0.3, 0.4) is 0 Å². The highest BCUT2D eigenvalue weighted by Crippen LogP contribution is 2.22. The summed E-state index contributed by atoms with van der Waals surface area (Å²) in [5, 5.41) is 0. The molecular weight excluding hydrogens is 220 g/mol. The van der Waals surface area contributed by atoms with Crippen molar-refractivity contribution in [2.24, 2.45) is 0 Å². The van der Waals surface area contributed by atoms with Gasteiger partial charge < -0.3 is 0 Å². The van der Waals surface area contributed by atoms with Crippen molar-refractivity contribution in [3.63, 3.8) is 0 Å². The van der Waals surface area contributed by atoms with Crippen LogP contribution in [0.1, 0.15) is 18.2 Å². The van der Waals surface area contributed by atoms with Gasteiger partial charge in [-0.3, -0.25) is 0 Å². The summed E-state index contributed by atoms with van der Waals surface area (Å²) in [6.07, 6.45) is 2.06. The van der Waals surface area contributed by atoms with Gasteiger partial charge in [0.1, 0.15) is 0 Å². The van der Waals surface area contributed by atoms with Gasteiger partial charge in [-0.05, 0) is 41.4 Å². The maximum Gasteiger partial charge on any atom is 0.0701 e. The molecule has 0 saturated carbocycles. The van der Waals surface area contributed by atoms with E-state index in [1.807, 2.05) is 6.92 Å². The number of thiophene rings is 1. The lowest BCUT2D eigenvalue weighted by Crippen LogP contribution is -1.74. The standard InChI is InChI=1S/C9H9BrS/c1-2-3-4-5-8-6-7-9(10)11-8/h6-7H,4-5H2,1H3. The zero-order chi connectivity index (χ0) is 8.10. The average Bonchev–Trinajstić information content (AvgIpc) is 2.37. The van der Waals surface area contributed by atoms with Crippen LogP contribution in [-0.4, -0.2) is 0 Å². The fourth-order valence-corrected chi connectivity index (χ4v) is 2.28. The maximum atomic E-state index is 3.42. The van der Waals surface area contributed by atoms with Crippen molar-refractivity contribution in [3.05, 3.63) is 20.8 Å². The van der Waals surface area contributed by atoms with E-state index in [1.165, 1.54) is 8.66 Å². The molecule has 0 spiro atoms. The first-order valence-corrected chi connectivity index (χ1v) is 5.07. The number of rotatable bonds is 2. The molecule has 0 aliphatic carbocycles. The second-order valence-electron chi connectivity index (χ2n) is 2.13. The monoisotopic (exact) mass is 228 g/mol. The summed E-state index contributed by atoms with van der Waals surface area (Å²) in [6.45, 7) is 1.88. The van der Waals surface area contributed by atoms with E-state index in [9.17, 15) is 0 Å². The van der Waals surface area contributed by atoms with E-state index in [2.05, 4.69) is 39.9 Å². The Bertz CT molecular complexity index is 277. The second kappa shape index (κ2) is 4.58. The topological polar surface area (TPSA) is 0 Å². The van der Waals surface area contributed by atoms with E-state index in [0.717, 1.165) is 12.8 Å². The summed E-state index contributed by atoms with van der Waals surface area (Å²) >= 11 is 5.21. The number of aryl methyl sites for hydroxylation is 1. The van der Waals surface area contributed by atoms with Gasteiger partial charge in [0, 0.05) is 11.3 Å². The van der Waals surface area contributed by atoms with Crippen molar-refractivity contribution in [3.8, 4) is 11.8 Å². The summed E-state index contributed by atoms with van der Waals surface area (Å²) in [7, 11) is 0. The minimum atomic E-state index is 0.976. The molecule has 11 heavy (non-hydrogen) atoms. The minimum absolute atomic E-state index is 0.976. The Kier molecular flexibility index (Phi) is 3.68. The summed E-state index contributed by atoms with van der Waals surface area (Å²) in [5.74, 6) is 5.94. The molecule has 1 rings (SSSR count). The van der Waals surface area contributed by atoms with E-state index in [0.29, 0.717) is 0 Å². The zero-order valence-corrected chi connectivity index (χ0v) is 8.76. The van der Waals surface area contributed by atoms with Crippen LogP contribution in [0.2, 0.25) is 0 Å². The predicted octanol–water partition coefficient (Wildman–Crippen LogP) is 3.47. The normalized spacial score (nSPS) is 8.91. The fraction of sp³-hybridized carbons (Fsp3) is 0.333. The van der Waals surface area contributed by atoms with Gasteiger partial charge in [-0.15, -0.1) is 23.2 Å². The van der Waals surface area contributed by atoms with Gasteiger partial charge in [-0.25, -0.2) is 0 Å². The van der Waals surface area contributed by atoms with Crippen LogP contribution in [0.4, 0.5) is 0 Å². The van der Waals surface area contributed by atoms with Gasteiger partial charge in [-0.2, -0.15) is 0 Å². The Labute approximate surface area is 79.8 Å². The first-order chi connectivity index (χ1) is 5.33. The molecule has 0 radical (unpaired) electrons. The molecule has 1 heterocycles. The van der Waals surface area contributed by atoms with Gasteiger partial charge in [0.05, 0.1) is 3.79 Å². The Morgan fingerprint density at radius 3 is 2.91 bits per heavy atom. The first kappa shape index (κ1) is 8.83. The van der Waals surface area contributed by atoms with Crippen LogP contribution in [0.5, 0.6) is 0 Å². The first-order valence-electron chi connectivity index (χ1n) is 3.47. The van der Waals surface area contributed by atoms with Crippen molar-refractivity contribution < 1.29 is 0 Å². The fourth-order valence-electron chi connectivity index (χ4n) is 0.797. The van der Waals surface area contributed by atoms with Gasteiger partial charge >= 0.3 is 0 Å². The third-order valence-electron chi connectivity index (χ3n) is 1.30. The van der Waals surface area contributed by atoms with E-state index < -0.39 is 0 Å². The lowest BCUT2D eigenvalue weighted by atomic mass is 10.3. The molecule has 0 amide bonds. The zero-order valence-electron chi connectivity index (χ0n) is 6.36. The molecular formula is C9H9BrS. The van der Waals surface area contributed by atoms with Crippen molar-refractivity contribution >= 4 is 27.3 Å². The summed E-state index contributed by atoms with van der Waals surface area (Å²) in [5.41, 5.74) is 0. The largest absolute Gasteiger partial charge is 0.133 e. The van der Waals surface area contributed by atoms with E-state index in [1.54, 1.807) is 11.3 Å². The number of hydrogen-bond acceptors (Lipinski definition) is 1. The maximum absolute atomic E-state index is 3.42. The molecule has 0 fully saturated rings. The van der Waals surface area contributed by atoms with Crippen LogP contribution in [0.15, 0.2) is 15.9 Å². The molecule has 1 aromatic rings. The molecule has 2 heteroatoms. The molecule has 1 aromatic heterocycles. The third-order valence-corrected chi connectivity index (χ3v) is 2.99. The van der Waals surface area contributed by atoms with Crippen molar-refractivity contribution in [2.45, 2.75) is 19.8 Å². The molecule has 0 aromatic carbocycles.